The summed E-state index contributed by atoms with van der Waals surface area (Å²) in [6.45, 7) is 7.04. The molecule has 2 aromatic rings. The summed E-state index contributed by atoms with van der Waals surface area (Å²) in [7, 11) is 0. The molecule has 1 fully saturated rings. The minimum absolute atomic E-state index is 0.217. The molecule has 1 saturated heterocycles. The minimum atomic E-state index is -0.217. The van der Waals surface area contributed by atoms with Crippen LogP contribution in [0.3, 0.4) is 0 Å². The van der Waals surface area contributed by atoms with Gasteiger partial charge in [0, 0.05) is 38.3 Å². The Balaban J connectivity index is 1.40. The zero-order valence-corrected chi connectivity index (χ0v) is 14.8. The zero-order valence-electron chi connectivity index (χ0n) is 14.8. The van der Waals surface area contributed by atoms with Crippen molar-refractivity contribution in [2.75, 3.05) is 18.5 Å². The average Bonchev–Trinajstić information content (AvgIpc) is 3.31. The van der Waals surface area contributed by atoms with Gasteiger partial charge < -0.3 is 19.9 Å². The molecule has 2 amide bonds. The van der Waals surface area contributed by atoms with Crippen molar-refractivity contribution in [3.05, 3.63) is 30.6 Å². The van der Waals surface area contributed by atoms with Gasteiger partial charge in [-0.05, 0) is 25.7 Å². The van der Waals surface area contributed by atoms with Crippen molar-refractivity contribution in [1.29, 1.82) is 0 Å². The van der Waals surface area contributed by atoms with Crippen LogP contribution in [0, 0.1) is 12.8 Å². The van der Waals surface area contributed by atoms with Crippen LogP contribution >= 0.6 is 0 Å². The molecular weight excluding hydrogens is 320 g/mol. The van der Waals surface area contributed by atoms with Gasteiger partial charge in [0.05, 0.1) is 24.5 Å². The van der Waals surface area contributed by atoms with E-state index in [0.29, 0.717) is 18.2 Å². The molecule has 0 radical (unpaired) electrons. The predicted octanol–water partition coefficient (Wildman–Crippen LogP) is 2.02. The van der Waals surface area contributed by atoms with E-state index in [1.165, 1.54) is 0 Å². The highest BCUT2D eigenvalue weighted by Crippen LogP contribution is 2.14. The highest BCUT2D eigenvalue weighted by Gasteiger charge is 2.16. The Labute approximate surface area is 147 Å². The lowest BCUT2D eigenvalue weighted by atomic mass is 10.2. The lowest BCUT2D eigenvalue weighted by Crippen LogP contribution is -2.33. The molecule has 2 aromatic heterocycles. The maximum atomic E-state index is 12.0. The molecule has 136 valence electrons. The number of carbonyl (C=O) groups excluding carboxylic acids is 1. The summed E-state index contributed by atoms with van der Waals surface area (Å²) in [6.07, 6.45) is 9.64. The first-order valence-electron chi connectivity index (χ1n) is 8.77. The third-order valence-electron chi connectivity index (χ3n) is 4.35. The third kappa shape index (κ3) is 5.06. The number of anilines is 1. The number of aryl methyl sites for hydroxylation is 1. The number of imidazole rings is 1. The standard InChI is InChI=1S/C17H26N6O2/c1-13(10-22-6-5-18-14(22)2)8-19-17(24)21-15-9-20-23(11-15)12-16-4-3-7-25-16/h5-6,9,11,13,16H,3-4,7-8,10,12H2,1-2H3,(H2,19,21,24)/t13-,16-/m0/s1. The summed E-state index contributed by atoms with van der Waals surface area (Å²) in [6, 6.07) is -0.217. The average molecular weight is 346 g/mol. The molecule has 1 aliphatic rings. The van der Waals surface area contributed by atoms with Crippen molar-refractivity contribution in [1.82, 2.24) is 24.6 Å². The third-order valence-corrected chi connectivity index (χ3v) is 4.35. The van der Waals surface area contributed by atoms with Gasteiger partial charge in [-0.15, -0.1) is 0 Å². The van der Waals surface area contributed by atoms with E-state index in [4.69, 9.17) is 4.74 Å². The van der Waals surface area contributed by atoms with Crippen LogP contribution in [-0.4, -0.2) is 44.6 Å². The number of aromatic nitrogens is 4. The van der Waals surface area contributed by atoms with Crippen molar-refractivity contribution in [2.45, 2.75) is 45.9 Å². The van der Waals surface area contributed by atoms with Crippen LogP contribution in [0.5, 0.6) is 0 Å². The Morgan fingerprint density at radius 2 is 2.40 bits per heavy atom. The van der Waals surface area contributed by atoms with Gasteiger partial charge in [0.2, 0.25) is 0 Å². The topological polar surface area (TPSA) is 86.0 Å². The number of amides is 2. The van der Waals surface area contributed by atoms with Crippen LogP contribution in [0.15, 0.2) is 24.8 Å². The summed E-state index contributed by atoms with van der Waals surface area (Å²) in [4.78, 5) is 16.2. The maximum absolute atomic E-state index is 12.0. The lowest BCUT2D eigenvalue weighted by Gasteiger charge is -2.14. The van der Waals surface area contributed by atoms with Gasteiger partial charge in [-0.25, -0.2) is 9.78 Å². The molecule has 8 nitrogen and oxygen atoms in total. The number of nitrogens with one attached hydrogen (secondary N) is 2. The first-order chi connectivity index (χ1) is 12.1. The van der Waals surface area contributed by atoms with E-state index in [-0.39, 0.29) is 12.1 Å². The fourth-order valence-corrected chi connectivity index (χ4v) is 2.96. The fourth-order valence-electron chi connectivity index (χ4n) is 2.96. The van der Waals surface area contributed by atoms with Gasteiger partial charge in [0.15, 0.2) is 0 Å². The molecule has 1 aliphatic heterocycles. The van der Waals surface area contributed by atoms with E-state index in [1.807, 2.05) is 24.0 Å². The highest BCUT2D eigenvalue weighted by atomic mass is 16.5. The zero-order chi connectivity index (χ0) is 17.6. The molecule has 0 spiro atoms. The Morgan fingerprint density at radius 1 is 1.52 bits per heavy atom. The van der Waals surface area contributed by atoms with Crippen molar-refractivity contribution in [3.63, 3.8) is 0 Å². The minimum Gasteiger partial charge on any atom is -0.376 e. The number of carbonyl (C=O) groups is 1. The summed E-state index contributed by atoms with van der Waals surface area (Å²) >= 11 is 0. The molecule has 0 bridgehead atoms. The Morgan fingerprint density at radius 3 is 3.12 bits per heavy atom. The number of ether oxygens (including phenoxy) is 1. The normalized spacial score (nSPS) is 18.2. The Kier molecular flexibility index (Phi) is 5.70. The van der Waals surface area contributed by atoms with E-state index >= 15 is 0 Å². The number of hydrogen-bond acceptors (Lipinski definition) is 4. The fraction of sp³-hybridized carbons (Fsp3) is 0.588. The highest BCUT2D eigenvalue weighted by molar-refractivity contribution is 5.88. The van der Waals surface area contributed by atoms with E-state index in [0.717, 1.165) is 38.4 Å². The molecule has 0 aliphatic carbocycles. The molecule has 2 N–H and O–H groups in total. The van der Waals surface area contributed by atoms with Gasteiger partial charge >= 0.3 is 6.03 Å². The second kappa shape index (κ2) is 8.15. The first-order valence-corrected chi connectivity index (χ1v) is 8.77. The molecule has 0 aromatic carbocycles. The van der Waals surface area contributed by atoms with Gasteiger partial charge in [-0.1, -0.05) is 6.92 Å². The summed E-state index contributed by atoms with van der Waals surface area (Å²) in [5, 5.41) is 9.99. The van der Waals surface area contributed by atoms with Gasteiger partial charge in [0.25, 0.3) is 0 Å². The summed E-state index contributed by atoms with van der Waals surface area (Å²) in [5.74, 6) is 1.29. The molecule has 0 saturated carbocycles. The van der Waals surface area contributed by atoms with E-state index in [2.05, 4.69) is 32.2 Å². The van der Waals surface area contributed by atoms with Gasteiger partial charge in [-0.3, -0.25) is 4.68 Å². The number of hydrogen-bond donors (Lipinski definition) is 2. The summed E-state index contributed by atoms with van der Waals surface area (Å²) < 4.78 is 9.49. The van der Waals surface area contributed by atoms with Crippen LogP contribution in [0.25, 0.3) is 0 Å². The first kappa shape index (κ1) is 17.5. The van der Waals surface area contributed by atoms with Gasteiger partial charge in [-0.2, -0.15) is 5.10 Å². The molecule has 2 atom stereocenters. The second-order valence-corrected chi connectivity index (χ2v) is 6.65. The number of nitrogens with zero attached hydrogens (tertiary/aromatic N) is 4. The molecular formula is C17H26N6O2. The molecule has 0 unspecified atom stereocenters. The predicted molar refractivity (Wildman–Crippen MR) is 94.4 cm³/mol. The van der Waals surface area contributed by atoms with Crippen molar-refractivity contribution in [3.8, 4) is 0 Å². The number of urea groups is 1. The Hall–Kier alpha value is -2.35. The van der Waals surface area contributed by atoms with Crippen molar-refractivity contribution < 1.29 is 9.53 Å². The van der Waals surface area contributed by atoms with Crippen LogP contribution < -0.4 is 10.6 Å². The van der Waals surface area contributed by atoms with E-state index in [9.17, 15) is 4.79 Å². The smallest absolute Gasteiger partial charge is 0.319 e. The van der Waals surface area contributed by atoms with Crippen LogP contribution in [0.4, 0.5) is 10.5 Å². The van der Waals surface area contributed by atoms with E-state index < -0.39 is 0 Å². The molecule has 3 rings (SSSR count). The van der Waals surface area contributed by atoms with Crippen LogP contribution in [0.1, 0.15) is 25.6 Å². The van der Waals surface area contributed by atoms with Crippen LogP contribution in [0.2, 0.25) is 0 Å². The quantitative estimate of drug-likeness (QED) is 0.803. The maximum Gasteiger partial charge on any atom is 0.319 e. The number of rotatable bonds is 7. The van der Waals surface area contributed by atoms with E-state index in [1.54, 1.807) is 12.4 Å². The molecule has 8 heteroatoms. The van der Waals surface area contributed by atoms with Crippen molar-refractivity contribution >= 4 is 11.7 Å². The lowest BCUT2D eigenvalue weighted by molar-refractivity contribution is 0.0940. The van der Waals surface area contributed by atoms with Gasteiger partial charge in [0.1, 0.15) is 5.82 Å². The van der Waals surface area contributed by atoms with Crippen LogP contribution in [-0.2, 0) is 17.8 Å². The molecule has 3 heterocycles. The molecule has 25 heavy (non-hydrogen) atoms. The Bertz CT molecular complexity index is 689. The largest absolute Gasteiger partial charge is 0.376 e. The monoisotopic (exact) mass is 346 g/mol. The second-order valence-electron chi connectivity index (χ2n) is 6.65. The SMILES string of the molecule is Cc1nccn1C[C@@H](C)CNC(=O)Nc1cnn(C[C@@H]2CCCO2)c1. The van der Waals surface area contributed by atoms with Crippen molar-refractivity contribution in [2.24, 2.45) is 5.92 Å². The summed E-state index contributed by atoms with van der Waals surface area (Å²) in [5.41, 5.74) is 0.689.